The fraction of sp³-hybridized carbons (Fsp3) is 0.909. The normalized spacial score (nSPS) is 21.5. The first kappa shape index (κ1) is 20.7. The molecule has 136 valence electrons. The largest absolute Gasteiger partial charge is 0.296 e. The monoisotopic (exact) mass is 321 g/mol. The molecule has 1 aliphatic heterocycles. The zero-order valence-corrected chi connectivity index (χ0v) is 17.0. The number of allylic oxidation sites excluding steroid dienone is 1. The van der Waals surface area contributed by atoms with Crippen LogP contribution in [-0.2, 0) is 0 Å². The molecule has 1 saturated heterocycles. The van der Waals surface area contributed by atoms with Crippen molar-refractivity contribution in [1.82, 2.24) is 4.90 Å². The van der Waals surface area contributed by atoms with Crippen LogP contribution in [0, 0.1) is 5.92 Å². The Hall–Kier alpha value is -0.300. The molecule has 1 aliphatic rings. The smallest absolute Gasteiger partial charge is 0.0158 e. The predicted molar refractivity (Wildman–Crippen MR) is 105 cm³/mol. The van der Waals surface area contributed by atoms with Crippen molar-refractivity contribution in [1.29, 1.82) is 0 Å². The number of unbranched alkanes of at least 4 members (excludes halogenated alkanes) is 6. The Labute approximate surface area is 146 Å². The molecule has 1 heterocycles. The second-order valence-corrected chi connectivity index (χ2v) is 9.28. The Morgan fingerprint density at radius 1 is 0.913 bits per heavy atom. The van der Waals surface area contributed by atoms with Crippen LogP contribution in [0.5, 0.6) is 0 Å². The van der Waals surface area contributed by atoms with E-state index >= 15 is 0 Å². The number of nitrogens with zero attached hydrogens (tertiary/aromatic N) is 1. The van der Waals surface area contributed by atoms with Gasteiger partial charge < -0.3 is 0 Å². The third kappa shape index (κ3) is 6.99. The van der Waals surface area contributed by atoms with Gasteiger partial charge in [-0.2, -0.15) is 0 Å². The van der Waals surface area contributed by atoms with Crippen molar-refractivity contribution in [2.24, 2.45) is 5.92 Å². The van der Waals surface area contributed by atoms with Crippen LogP contribution in [0.2, 0.25) is 0 Å². The van der Waals surface area contributed by atoms with Crippen molar-refractivity contribution < 1.29 is 0 Å². The minimum atomic E-state index is 0.311. The number of rotatable bonds is 10. The minimum absolute atomic E-state index is 0.311. The summed E-state index contributed by atoms with van der Waals surface area (Å²) >= 11 is 0. The highest BCUT2D eigenvalue weighted by Crippen LogP contribution is 2.42. The zero-order valence-electron chi connectivity index (χ0n) is 17.0. The SMILES string of the molecule is C=C(CCCCCCCCC)CC1CC(C)(C)N(C)C(C)(C)C1. The van der Waals surface area contributed by atoms with Gasteiger partial charge in [-0.3, -0.25) is 4.90 Å². The molecular weight excluding hydrogens is 278 g/mol. The van der Waals surface area contributed by atoms with Gasteiger partial charge in [-0.15, -0.1) is 0 Å². The van der Waals surface area contributed by atoms with Crippen LogP contribution in [-0.4, -0.2) is 23.0 Å². The van der Waals surface area contributed by atoms with E-state index in [1.165, 1.54) is 76.2 Å². The summed E-state index contributed by atoms with van der Waals surface area (Å²) in [4.78, 5) is 2.58. The highest BCUT2D eigenvalue weighted by atomic mass is 15.2. The zero-order chi connectivity index (χ0) is 17.5. The third-order valence-corrected chi connectivity index (χ3v) is 6.10. The predicted octanol–water partition coefficient (Wildman–Crippen LogP) is 6.97. The Kier molecular flexibility index (Phi) is 8.35. The summed E-state index contributed by atoms with van der Waals surface area (Å²) < 4.78 is 0. The molecule has 0 saturated carbocycles. The van der Waals surface area contributed by atoms with Crippen molar-refractivity contribution in [3.8, 4) is 0 Å². The molecule has 0 atom stereocenters. The first-order valence-corrected chi connectivity index (χ1v) is 10.1. The van der Waals surface area contributed by atoms with Crippen molar-refractivity contribution in [2.45, 2.75) is 116 Å². The highest BCUT2D eigenvalue weighted by Gasteiger charge is 2.42. The third-order valence-electron chi connectivity index (χ3n) is 6.10. The van der Waals surface area contributed by atoms with Crippen LogP contribution in [0.25, 0.3) is 0 Å². The molecule has 0 unspecified atom stereocenters. The van der Waals surface area contributed by atoms with Crippen LogP contribution in [0.4, 0.5) is 0 Å². The number of hydrogen-bond donors (Lipinski definition) is 0. The fourth-order valence-corrected chi connectivity index (χ4v) is 4.57. The Balaban J connectivity index is 2.26. The lowest BCUT2D eigenvalue weighted by Gasteiger charge is -2.54. The van der Waals surface area contributed by atoms with Crippen molar-refractivity contribution in [3.05, 3.63) is 12.2 Å². The van der Waals surface area contributed by atoms with E-state index in [9.17, 15) is 0 Å². The van der Waals surface area contributed by atoms with Gasteiger partial charge >= 0.3 is 0 Å². The molecule has 0 N–H and O–H groups in total. The van der Waals surface area contributed by atoms with Crippen LogP contribution in [0.3, 0.4) is 0 Å². The van der Waals surface area contributed by atoms with E-state index in [0.717, 1.165) is 5.92 Å². The standard InChI is InChI=1S/C22H43N/c1-8-9-10-11-12-13-14-15-19(2)16-20-17-21(3,4)23(7)22(5,6)18-20/h20H,2,8-18H2,1,3-7H3. The Bertz CT molecular complexity index is 335. The summed E-state index contributed by atoms with van der Waals surface area (Å²) in [6, 6.07) is 0. The van der Waals surface area contributed by atoms with Gasteiger partial charge in [0.05, 0.1) is 0 Å². The molecule has 23 heavy (non-hydrogen) atoms. The molecule has 0 amide bonds. The van der Waals surface area contributed by atoms with Crippen LogP contribution >= 0.6 is 0 Å². The van der Waals surface area contributed by atoms with Gasteiger partial charge in [0.15, 0.2) is 0 Å². The summed E-state index contributed by atoms with van der Waals surface area (Å²) in [5, 5.41) is 0. The van der Waals surface area contributed by atoms with Crippen molar-refractivity contribution >= 4 is 0 Å². The van der Waals surface area contributed by atoms with E-state index < -0.39 is 0 Å². The van der Waals surface area contributed by atoms with Gasteiger partial charge in [-0.05, 0) is 72.8 Å². The van der Waals surface area contributed by atoms with E-state index in [-0.39, 0.29) is 0 Å². The molecule has 1 heteroatoms. The maximum absolute atomic E-state index is 4.40. The molecule has 0 spiro atoms. The second-order valence-electron chi connectivity index (χ2n) is 9.28. The van der Waals surface area contributed by atoms with Gasteiger partial charge in [0.2, 0.25) is 0 Å². The molecule has 0 aromatic heterocycles. The van der Waals surface area contributed by atoms with E-state index in [4.69, 9.17) is 0 Å². The molecule has 1 nitrogen and oxygen atoms in total. The first-order valence-electron chi connectivity index (χ1n) is 10.1. The number of piperidine rings is 1. The van der Waals surface area contributed by atoms with Crippen LogP contribution in [0.1, 0.15) is 105 Å². The fourth-order valence-electron chi connectivity index (χ4n) is 4.57. The summed E-state index contributed by atoms with van der Waals surface area (Å²) in [7, 11) is 2.30. The lowest BCUT2D eigenvalue weighted by molar-refractivity contribution is -0.0297. The maximum atomic E-state index is 4.40. The molecule has 1 rings (SSSR count). The van der Waals surface area contributed by atoms with Gasteiger partial charge in [-0.1, -0.05) is 57.6 Å². The summed E-state index contributed by atoms with van der Waals surface area (Å²) in [6.07, 6.45) is 14.9. The van der Waals surface area contributed by atoms with E-state index in [1.807, 2.05) is 0 Å². The van der Waals surface area contributed by atoms with Gasteiger partial charge in [0.1, 0.15) is 0 Å². The lowest BCUT2D eigenvalue weighted by Crippen LogP contribution is -2.58. The topological polar surface area (TPSA) is 3.24 Å². The maximum Gasteiger partial charge on any atom is 0.0158 e. The van der Waals surface area contributed by atoms with E-state index in [0.29, 0.717) is 11.1 Å². The second kappa shape index (κ2) is 9.25. The minimum Gasteiger partial charge on any atom is -0.296 e. The van der Waals surface area contributed by atoms with Crippen LogP contribution in [0.15, 0.2) is 12.2 Å². The number of hydrogen-bond acceptors (Lipinski definition) is 1. The Morgan fingerprint density at radius 2 is 1.39 bits per heavy atom. The summed E-state index contributed by atoms with van der Waals surface area (Å²) in [6.45, 7) is 16.3. The molecule has 1 fully saturated rings. The van der Waals surface area contributed by atoms with Gasteiger partial charge in [0, 0.05) is 11.1 Å². The summed E-state index contributed by atoms with van der Waals surface area (Å²) in [5.41, 5.74) is 2.12. The number of likely N-dealkylation sites (tertiary alicyclic amines) is 1. The van der Waals surface area contributed by atoms with Crippen molar-refractivity contribution in [3.63, 3.8) is 0 Å². The van der Waals surface area contributed by atoms with Crippen molar-refractivity contribution in [2.75, 3.05) is 7.05 Å². The molecule has 0 bridgehead atoms. The van der Waals surface area contributed by atoms with Gasteiger partial charge in [0.25, 0.3) is 0 Å². The van der Waals surface area contributed by atoms with E-state index in [2.05, 4.69) is 53.1 Å². The lowest BCUT2D eigenvalue weighted by atomic mass is 9.72. The molecule has 0 aromatic carbocycles. The van der Waals surface area contributed by atoms with Gasteiger partial charge in [-0.25, -0.2) is 0 Å². The highest BCUT2D eigenvalue weighted by molar-refractivity contribution is 5.03. The average molecular weight is 322 g/mol. The average Bonchev–Trinajstić information content (AvgIpc) is 2.43. The molecule has 0 aliphatic carbocycles. The Morgan fingerprint density at radius 3 is 1.91 bits per heavy atom. The summed E-state index contributed by atoms with van der Waals surface area (Å²) in [5.74, 6) is 0.813. The first-order chi connectivity index (χ1) is 10.7. The molecule has 0 aromatic rings. The van der Waals surface area contributed by atoms with Crippen LogP contribution < -0.4 is 0 Å². The van der Waals surface area contributed by atoms with E-state index in [1.54, 1.807) is 0 Å². The molecular formula is C22H43N. The quantitative estimate of drug-likeness (QED) is 0.310. The molecule has 0 radical (unpaired) electrons.